The van der Waals surface area contributed by atoms with Crippen LogP contribution < -0.4 is 5.32 Å². The molecule has 0 bridgehead atoms. The van der Waals surface area contributed by atoms with Crippen molar-refractivity contribution in [2.24, 2.45) is 4.99 Å². The van der Waals surface area contributed by atoms with Gasteiger partial charge in [0.25, 0.3) is 0 Å². The average molecular weight is 206 g/mol. The van der Waals surface area contributed by atoms with Crippen LogP contribution in [0.3, 0.4) is 0 Å². The molecule has 0 saturated carbocycles. The number of carbonyl (C=O) groups excluding carboxylic acids is 2. The van der Waals surface area contributed by atoms with Crippen molar-refractivity contribution in [1.82, 2.24) is 0 Å². The maximum atomic E-state index is 11.1. The maximum Gasteiger partial charge on any atom is 0.411 e. The lowest BCUT2D eigenvalue weighted by molar-refractivity contribution is 0.168. The summed E-state index contributed by atoms with van der Waals surface area (Å²) >= 11 is 0. The van der Waals surface area contributed by atoms with Crippen molar-refractivity contribution < 1.29 is 14.3 Å². The Labute approximate surface area is 86.8 Å². The zero-order chi connectivity index (χ0) is 11.1. The molecule has 5 heteroatoms. The fourth-order valence-electron chi connectivity index (χ4n) is 1.00. The minimum atomic E-state index is -0.578. The topological polar surface area (TPSA) is 67.8 Å². The summed E-state index contributed by atoms with van der Waals surface area (Å²) in [5, 5.41) is 2.46. The monoisotopic (exact) mass is 206 g/mol. The van der Waals surface area contributed by atoms with E-state index < -0.39 is 6.09 Å². The molecule has 0 aliphatic rings. The fourth-order valence-corrected chi connectivity index (χ4v) is 1.00. The van der Waals surface area contributed by atoms with Gasteiger partial charge in [0.05, 0.1) is 18.0 Å². The van der Waals surface area contributed by atoms with E-state index in [1.807, 2.05) is 0 Å². The number of hydrogen-bond donors (Lipinski definition) is 1. The van der Waals surface area contributed by atoms with E-state index in [9.17, 15) is 9.59 Å². The van der Waals surface area contributed by atoms with Gasteiger partial charge in [0.1, 0.15) is 0 Å². The normalized spacial score (nSPS) is 8.87. The third-order valence-corrected chi connectivity index (χ3v) is 1.58. The number of carbonyl (C=O) groups is 1. The summed E-state index contributed by atoms with van der Waals surface area (Å²) in [7, 11) is 0. The van der Waals surface area contributed by atoms with E-state index in [-0.39, 0.29) is 6.61 Å². The highest BCUT2D eigenvalue weighted by atomic mass is 16.5. The largest absolute Gasteiger partial charge is 0.450 e. The van der Waals surface area contributed by atoms with Gasteiger partial charge in [-0.25, -0.2) is 9.59 Å². The van der Waals surface area contributed by atoms with Crippen molar-refractivity contribution in [2.45, 2.75) is 6.92 Å². The first-order chi connectivity index (χ1) is 7.27. The van der Waals surface area contributed by atoms with Crippen LogP contribution >= 0.6 is 0 Å². The van der Waals surface area contributed by atoms with Crippen LogP contribution in [0.2, 0.25) is 0 Å². The molecule has 0 unspecified atom stereocenters. The zero-order valence-corrected chi connectivity index (χ0v) is 8.19. The molecule has 1 aromatic carbocycles. The molecule has 15 heavy (non-hydrogen) atoms. The molecule has 1 aromatic rings. The molecule has 0 aromatic heterocycles. The van der Waals surface area contributed by atoms with Crippen molar-refractivity contribution in [2.75, 3.05) is 11.9 Å². The number of para-hydroxylation sites is 2. The molecule has 0 heterocycles. The second kappa shape index (κ2) is 5.57. The molecule has 0 saturated heterocycles. The Hall–Kier alpha value is -2.13. The van der Waals surface area contributed by atoms with E-state index in [1.165, 1.54) is 6.08 Å². The molecule has 1 rings (SSSR count). The third-order valence-electron chi connectivity index (χ3n) is 1.58. The average Bonchev–Trinajstić information content (AvgIpc) is 2.21. The van der Waals surface area contributed by atoms with Crippen LogP contribution in [0.15, 0.2) is 29.3 Å². The molecule has 0 aliphatic carbocycles. The number of nitrogens with one attached hydrogen (secondary N) is 1. The first-order valence-corrected chi connectivity index (χ1v) is 4.38. The smallest absolute Gasteiger partial charge is 0.411 e. The number of ether oxygens (including phenoxy) is 1. The Morgan fingerprint density at radius 2 is 2.27 bits per heavy atom. The third kappa shape index (κ3) is 3.25. The van der Waals surface area contributed by atoms with Crippen LogP contribution in [0, 0.1) is 0 Å². The van der Waals surface area contributed by atoms with Gasteiger partial charge in [-0.15, -0.1) is 0 Å². The number of isocyanates is 1. The zero-order valence-electron chi connectivity index (χ0n) is 8.19. The van der Waals surface area contributed by atoms with Crippen LogP contribution in [0.25, 0.3) is 0 Å². The van der Waals surface area contributed by atoms with Crippen molar-refractivity contribution in [3.63, 3.8) is 0 Å². The van der Waals surface area contributed by atoms with E-state index >= 15 is 0 Å². The van der Waals surface area contributed by atoms with E-state index in [0.717, 1.165) is 0 Å². The van der Waals surface area contributed by atoms with Crippen molar-refractivity contribution in [1.29, 1.82) is 0 Å². The number of rotatable bonds is 3. The van der Waals surface area contributed by atoms with E-state index in [2.05, 4.69) is 15.0 Å². The number of anilines is 1. The molecule has 0 spiro atoms. The van der Waals surface area contributed by atoms with E-state index in [4.69, 9.17) is 0 Å². The van der Waals surface area contributed by atoms with Gasteiger partial charge in [0, 0.05) is 0 Å². The quantitative estimate of drug-likeness (QED) is 0.609. The van der Waals surface area contributed by atoms with Gasteiger partial charge in [-0.2, -0.15) is 4.99 Å². The summed E-state index contributed by atoms with van der Waals surface area (Å²) in [5.74, 6) is 0. The second-order valence-electron chi connectivity index (χ2n) is 2.57. The number of benzene rings is 1. The van der Waals surface area contributed by atoms with Gasteiger partial charge in [-0.1, -0.05) is 12.1 Å². The summed E-state index contributed by atoms with van der Waals surface area (Å²) in [4.78, 5) is 24.6. The lowest BCUT2D eigenvalue weighted by Crippen LogP contribution is -2.13. The SMILES string of the molecule is CCOC(=O)Nc1ccccc1N=C=O. The molecule has 5 nitrogen and oxygen atoms in total. The molecule has 78 valence electrons. The Bertz CT molecular complexity index is 397. The molecular formula is C10H10N2O3. The van der Waals surface area contributed by atoms with Gasteiger partial charge in [0.2, 0.25) is 6.08 Å². The predicted molar refractivity (Wildman–Crippen MR) is 54.9 cm³/mol. The predicted octanol–water partition coefficient (Wildman–Crippen LogP) is 2.22. The second-order valence-corrected chi connectivity index (χ2v) is 2.57. The first-order valence-electron chi connectivity index (χ1n) is 4.38. The molecule has 1 N–H and O–H groups in total. The van der Waals surface area contributed by atoms with Crippen LogP contribution in [0.5, 0.6) is 0 Å². The van der Waals surface area contributed by atoms with Gasteiger partial charge < -0.3 is 4.74 Å². The van der Waals surface area contributed by atoms with Crippen molar-refractivity contribution in [3.8, 4) is 0 Å². The summed E-state index contributed by atoms with van der Waals surface area (Å²) in [6.07, 6.45) is 0.835. The summed E-state index contributed by atoms with van der Waals surface area (Å²) < 4.78 is 4.69. The lowest BCUT2D eigenvalue weighted by atomic mass is 10.3. The first kappa shape index (κ1) is 10.9. The highest BCUT2D eigenvalue weighted by Crippen LogP contribution is 2.23. The van der Waals surface area contributed by atoms with Crippen LogP contribution in [-0.2, 0) is 9.53 Å². The molecule has 0 fully saturated rings. The van der Waals surface area contributed by atoms with Crippen LogP contribution in [-0.4, -0.2) is 18.8 Å². The number of hydrogen-bond acceptors (Lipinski definition) is 4. The highest BCUT2D eigenvalue weighted by molar-refractivity contribution is 5.89. The van der Waals surface area contributed by atoms with Gasteiger partial charge in [0.15, 0.2) is 0 Å². The minimum Gasteiger partial charge on any atom is -0.450 e. The van der Waals surface area contributed by atoms with Gasteiger partial charge in [-0.3, -0.25) is 5.32 Å². The molecule has 1 amide bonds. The van der Waals surface area contributed by atoms with Gasteiger partial charge in [-0.05, 0) is 19.1 Å². The minimum absolute atomic E-state index is 0.283. The fraction of sp³-hybridized carbons (Fsp3) is 0.200. The number of aliphatic imine (C=N–C) groups is 1. The molecule has 0 radical (unpaired) electrons. The highest BCUT2D eigenvalue weighted by Gasteiger charge is 2.05. The van der Waals surface area contributed by atoms with E-state index in [0.29, 0.717) is 11.4 Å². The molecule has 0 aliphatic heterocycles. The Balaban J connectivity index is 2.84. The van der Waals surface area contributed by atoms with Gasteiger partial charge >= 0.3 is 6.09 Å². The van der Waals surface area contributed by atoms with Crippen molar-refractivity contribution in [3.05, 3.63) is 24.3 Å². The summed E-state index contributed by atoms with van der Waals surface area (Å²) in [6, 6.07) is 6.62. The summed E-state index contributed by atoms with van der Waals surface area (Å²) in [6.45, 7) is 1.99. The molecule has 0 atom stereocenters. The maximum absolute atomic E-state index is 11.1. The van der Waals surface area contributed by atoms with Crippen LogP contribution in [0.4, 0.5) is 16.2 Å². The Morgan fingerprint density at radius 3 is 2.93 bits per heavy atom. The van der Waals surface area contributed by atoms with Crippen molar-refractivity contribution >= 4 is 23.5 Å². The van der Waals surface area contributed by atoms with E-state index in [1.54, 1.807) is 31.2 Å². The van der Waals surface area contributed by atoms with Crippen LogP contribution in [0.1, 0.15) is 6.92 Å². The molecular weight excluding hydrogens is 196 g/mol. The Morgan fingerprint density at radius 1 is 1.53 bits per heavy atom. The Kier molecular flexibility index (Phi) is 4.06. The number of nitrogens with zero attached hydrogens (tertiary/aromatic N) is 1. The standard InChI is InChI=1S/C10H10N2O3/c1-2-15-10(14)12-9-6-4-3-5-8(9)11-7-13/h3-6H,2H2,1H3,(H,12,14). The number of amides is 1. The lowest BCUT2D eigenvalue weighted by Gasteiger charge is -2.06. The summed E-state index contributed by atoms with van der Waals surface area (Å²) in [5.41, 5.74) is 0.764.